The van der Waals surface area contributed by atoms with Crippen LogP contribution in [-0.4, -0.2) is 29.4 Å². The summed E-state index contributed by atoms with van der Waals surface area (Å²) in [4.78, 5) is 18.8. The molecule has 0 bridgehead atoms. The number of benzene rings is 1. The Bertz CT molecular complexity index is 794. The van der Waals surface area contributed by atoms with Crippen LogP contribution < -0.4 is 4.74 Å². The van der Waals surface area contributed by atoms with Gasteiger partial charge in [0.15, 0.2) is 0 Å². The van der Waals surface area contributed by atoms with Crippen LogP contribution in [0.4, 0.5) is 0 Å². The van der Waals surface area contributed by atoms with Crippen molar-refractivity contribution in [1.29, 1.82) is 0 Å². The molecule has 132 valence electrons. The first-order chi connectivity index (χ1) is 12.2. The first-order valence-corrected chi connectivity index (χ1v) is 9.54. The van der Waals surface area contributed by atoms with Crippen LogP contribution in [0.1, 0.15) is 37.1 Å². The number of allylic oxidation sites excluding steroid dienone is 1. The predicted molar refractivity (Wildman–Crippen MR) is 103 cm³/mol. The standard InChI is InChI=1S/C20H24N2O2S/c1-3-20(23)22(12-11-15-7-5-4-6-8-15)14-19-21-17-10-9-16(24-2)13-18(17)25-19/h3,7,9-10,13H,1,4-6,8,11-12,14H2,2H3. The molecular formula is C20H24N2O2S. The molecule has 4 nitrogen and oxygen atoms in total. The molecular weight excluding hydrogens is 332 g/mol. The molecule has 1 aliphatic carbocycles. The van der Waals surface area contributed by atoms with Gasteiger partial charge in [0.1, 0.15) is 10.8 Å². The number of rotatable bonds is 7. The smallest absolute Gasteiger partial charge is 0.246 e. The monoisotopic (exact) mass is 356 g/mol. The summed E-state index contributed by atoms with van der Waals surface area (Å²) in [5.74, 6) is 0.791. The zero-order chi connectivity index (χ0) is 17.6. The van der Waals surface area contributed by atoms with Gasteiger partial charge in [0.2, 0.25) is 5.91 Å². The van der Waals surface area contributed by atoms with Crippen molar-refractivity contribution in [3.63, 3.8) is 0 Å². The van der Waals surface area contributed by atoms with Gasteiger partial charge in [-0.05, 0) is 56.4 Å². The molecule has 0 aliphatic heterocycles. The molecule has 1 aromatic heterocycles. The first kappa shape index (κ1) is 17.7. The predicted octanol–water partition coefficient (Wildman–Crippen LogP) is 4.71. The second kappa shape index (κ2) is 8.30. The van der Waals surface area contributed by atoms with E-state index in [2.05, 4.69) is 17.6 Å². The van der Waals surface area contributed by atoms with Gasteiger partial charge in [-0.2, -0.15) is 0 Å². The van der Waals surface area contributed by atoms with Gasteiger partial charge >= 0.3 is 0 Å². The van der Waals surface area contributed by atoms with Gasteiger partial charge in [-0.3, -0.25) is 4.79 Å². The quantitative estimate of drug-likeness (QED) is 0.533. The average Bonchev–Trinajstić information content (AvgIpc) is 3.06. The minimum atomic E-state index is -0.0340. The van der Waals surface area contributed by atoms with Crippen LogP contribution >= 0.6 is 11.3 Å². The lowest BCUT2D eigenvalue weighted by Crippen LogP contribution is -2.30. The summed E-state index contributed by atoms with van der Waals surface area (Å²) >= 11 is 1.61. The molecule has 1 aliphatic rings. The first-order valence-electron chi connectivity index (χ1n) is 8.72. The highest BCUT2D eigenvalue weighted by Gasteiger charge is 2.15. The van der Waals surface area contributed by atoms with Crippen molar-refractivity contribution in [3.8, 4) is 5.75 Å². The molecule has 2 aromatic rings. The van der Waals surface area contributed by atoms with Crippen LogP contribution in [0.2, 0.25) is 0 Å². The Balaban J connectivity index is 1.72. The van der Waals surface area contributed by atoms with E-state index in [1.54, 1.807) is 18.4 Å². The van der Waals surface area contributed by atoms with Crippen LogP contribution in [0.15, 0.2) is 42.5 Å². The second-order valence-electron chi connectivity index (χ2n) is 6.26. The molecule has 0 atom stereocenters. The molecule has 0 N–H and O–H groups in total. The van der Waals surface area contributed by atoms with Crippen molar-refractivity contribution < 1.29 is 9.53 Å². The van der Waals surface area contributed by atoms with E-state index in [9.17, 15) is 4.79 Å². The summed E-state index contributed by atoms with van der Waals surface area (Å²) in [6.07, 6.45) is 9.56. The molecule has 3 rings (SSSR count). The van der Waals surface area contributed by atoms with Crippen molar-refractivity contribution in [2.24, 2.45) is 0 Å². The highest BCUT2D eigenvalue weighted by atomic mass is 32.1. The fraction of sp³-hybridized carbons (Fsp3) is 0.400. The molecule has 25 heavy (non-hydrogen) atoms. The number of nitrogens with zero attached hydrogens (tertiary/aromatic N) is 2. The Morgan fingerprint density at radius 3 is 3.04 bits per heavy atom. The summed E-state index contributed by atoms with van der Waals surface area (Å²) in [7, 11) is 1.66. The lowest BCUT2D eigenvalue weighted by molar-refractivity contribution is -0.126. The largest absolute Gasteiger partial charge is 0.497 e. The minimum Gasteiger partial charge on any atom is -0.497 e. The Kier molecular flexibility index (Phi) is 5.87. The molecule has 1 amide bonds. The van der Waals surface area contributed by atoms with Crippen molar-refractivity contribution >= 4 is 27.5 Å². The molecule has 1 aromatic carbocycles. The molecule has 5 heteroatoms. The molecule has 0 saturated carbocycles. The fourth-order valence-electron chi connectivity index (χ4n) is 3.12. The van der Waals surface area contributed by atoms with E-state index < -0.39 is 0 Å². The molecule has 0 spiro atoms. The number of carbonyl (C=O) groups is 1. The number of methoxy groups -OCH3 is 1. The summed E-state index contributed by atoms with van der Waals surface area (Å²) < 4.78 is 6.35. The van der Waals surface area contributed by atoms with Gasteiger partial charge in [-0.15, -0.1) is 11.3 Å². The van der Waals surface area contributed by atoms with Crippen molar-refractivity contribution in [2.45, 2.75) is 38.6 Å². The Hall–Kier alpha value is -2.14. The number of hydrogen-bond acceptors (Lipinski definition) is 4. The summed E-state index contributed by atoms with van der Waals surface area (Å²) in [6, 6.07) is 5.86. The van der Waals surface area contributed by atoms with Crippen LogP contribution in [0.5, 0.6) is 5.75 Å². The number of aromatic nitrogens is 1. The number of hydrogen-bond donors (Lipinski definition) is 0. The average molecular weight is 356 g/mol. The number of carbonyl (C=O) groups excluding carboxylic acids is 1. The Morgan fingerprint density at radius 2 is 2.32 bits per heavy atom. The number of amides is 1. The van der Waals surface area contributed by atoms with Gasteiger partial charge in [0, 0.05) is 6.54 Å². The van der Waals surface area contributed by atoms with Gasteiger partial charge < -0.3 is 9.64 Å². The third-order valence-electron chi connectivity index (χ3n) is 4.54. The van der Waals surface area contributed by atoms with E-state index in [0.717, 1.165) is 40.4 Å². The van der Waals surface area contributed by atoms with Crippen molar-refractivity contribution in [3.05, 3.63) is 47.5 Å². The molecule has 0 fully saturated rings. The fourth-order valence-corrected chi connectivity index (χ4v) is 4.13. The van der Waals surface area contributed by atoms with Gasteiger partial charge in [-0.25, -0.2) is 4.98 Å². The maximum Gasteiger partial charge on any atom is 0.246 e. The lowest BCUT2D eigenvalue weighted by Gasteiger charge is -2.22. The number of thiazole rings is 1. The summed E-state index contributed by atoms with van der Waals surface area (Å²) in [6.45, 7) is 4.89. The molecule has 0 saturated heterocycles. The third kappa shape index (κ3) is 4.48. The topological polar surface area (TPSA) is 42.4 Å². The molecule has 0 radical (unpaired) electrons. The van der Waals surface area contributed by atoms with Gasteiger partial charge in [0.05, 0.1) is 23.9 Å². The third-order valence-corrected chi connectivity index (χ3v) is 5.54. The maximum absolute atomic E-state index is 12.2. The van der Waals surface area contributed by atoms with E-state index in [-0.39, 0.29) is 5.91 Å². The summed E-state index contributed by atoms with van der Waals surface area (Å²) in [5, 5.41) is 0.941. The van der Waals surface area contributed by atoms with Crippen molar-refractivity contribution in [2.75, 3.05) is 13.7 Å². The number of fused-ring (bicyclic) bond motifs is 1. The molecule has 0 unspecified atom stereocenters. The van der Waals surface area contributed by atoms with Crippen LogP contribution in [-0.2, 0) is 11.3 Å². The SMILES string of the molecule is C=CC(=O)N(CCC1=CCCCC1)Cc1nc2ccc(OC)cc2s1. The number of ether oxygens (including phenoxy) is 1. The highest BCUT2D eigenvalue weighted by Crippen LogP contribution is 2.27. The Morgan fingerprint density at radius 1 is 1.44 bits per heavy atom. The zero-order valence-corrected chi connectivity index (χ0v) is 15.5. The van der Waals surface area contributed by atoms with E-state index in [0.29, 0.717) is 6.54 Å². The maximum atomic E-state index is 12.2. The van der Waals surface area contributed by atoms with E-state index in [1.165, 1.54) is 30.9 Å². The zero-order valence-electron chi connectivity index (χ0n) is 14.7. The summed E-state index contributed by atoms with van der Waals surface area (Å²) in [5.41, 5.74) is 2.42. The molecule has 1 heterocycles. The normalized spacial score (nSPS) is 14.2. The highest BCUT2D eigenvalue weighted by molar-refractivity contribution is 7.18. The van der Waals surface area contributed by atoms with Crippen LogP contribution in [0.3, 0.4) is 0 Å². The van der Waals surface area contributed by atoms with E-state index in [4.69, 9.17) is 4.74 Å². The lowest BCUT2D eigenvalue weighted by atomic mass is 9.97. The minimum absolute atomic E-state index is 0.0340. The van der Waals surface area contributed by atoms with Crippen LogP contribution in [0.25, 0.3) is 10.2 Å². The second-order valence-corrected chi connectivity index (χ2v) is 7.38. The van der Waals surface area contributed by atoms with Crippen molar-refractivity contribution in [1.82, 2.24) is 9.88 Å². The van der Waals surface area contributed by atoms with E-state index >= 15 is 0 Å². The van der Waals surface area contributed by atoms with Crippen LogP contribution in [0, 0.1) is 0 Å². The van der Waals surface area contributed by atoms with E-state index in [1.807, 2.05) is 23.1 Å². The van der Waals surface area contributed by atoms with Gasteiger partial charge in [0.25, 0.3) is 0 Å². The van der Waals surface area contributed by atoms with Gasteiger partial charge in [-0.1, -0.05) is 18.2 Å². The Labute approximate surface area is 152 Å².